The first kappa shape index (κ1) is 18.3. The zero-order valence-corrected chi connectivity index (χ0v) is 14.1. The molecule has 1 amide bonds. The van der Waals surface area contributed by atoms with Crippen molar-refractivity contribution in [1.82, 2.24) is 30.8 Å². The molecule has 9 heteroatoms. The van der Waals surface area contributed by atoms with Gasteiger partial charge >= 0.3 is 0 Å². The molecule has 0 spiro atoms. The van der Waals surface area contributed by atoms with Gasteiger partial charge in [-0.1, -0.05) is 12.1 Å². The Labute approximate surface area is 145 Å². The van der Waals surface area contributed by atoms with Crippen molar-refractivity contribution in [2.45, 2.75) is 31.8 Å². The third kappa shape index (κ3) is 4.27. The number of hydrogen-bond donors (Lipinski definition) is 2. The largest absolute Gasteiger partial charge is 0.350 e. The first-order valence-corrected chi connectivity index (χ1v) is 7.63. The van der Waals surface area contributed by atoms with Crippen LogP contribution in [0.5, 0.6) is 0 Å². The number of tetrazole rings is 1. The molecule has 2 atom stereocenters. The number of hydrogen-bond acceptors (Lipinski definition) is 5. The van der Waals surface area contributed by atoms with Crippen molar-refractivity contribution in [3.63, 3.8) is 0 Å². The number of nitrogens with zero attached hydrogens (tertiary/aromatic N) is 4. The fourth-order valence-electron chi connectivity index (χ4n) is 2.74. The van der Waals surface area contributed by atoms with Gasteiger partial charge in [0.15, 0.2) is 0 Å². The molecule has 3 rings (SSSR count). The summed E-state index contributed by atoms with van der Waals surface area (Å²) in [6.07, 6.45) is 1.31. The first-order chi connectivity index (χ1) is 11.1. The summed E-state index contributed by atoms with van der Waals surface area (Å²) in [5.74, 6) is 0.139. The van der Waals surface area contributed by atoms with E-state index in [4.69, 9.17) is 0 Å². The Morgan fingerprint density at radius 1 is 1.46 bits per heavy atom. The smallest absolute Gasteiger partial charge is 0.245 e. The van der Waals surface area contributed by atoms with Crippen LogP contribution in [0.25, 0.3) is 0 Å². The predicted octanol–water partition coefficient (Wildman–Crippen LogP) is 0.804. The zero-order chi connectivity index (χ0) is 16.2. The van der Waals surface area contributed by atoms with Gasteiger partial charge in [-0.05, 0) is 48.0 Å². The van der Waals surface area contributed by atoms with E-state index in [0.29, 0.717) is 12.2 Å². The molecule has 0 saturated carbocycles. The van der Waals surface area contributed by atoms with Crippen molar-refractivity contribution < 1.29 is 9.18 Å². The van der Waals surface area contributed by atoms with Crippen molar-refractivity contribution in [1.29, 1.82) is 0 Å². The Bertz CT molecular complexity index is 671. The van der Waals surface area contributed by atoms with Crippen LogP contribution >= 0.6 is 12.4 Å². The van der Waals surface area contributed by atoms with Gasteiger partial charge in [0.1, 0.15) is 17.7 Å². The molecular formula is C15H20ClFN6O. The highest BCUT2D eigenvalue weighted by Crippen LogP contribution is 2.16. The lowest BCUT2D eigenvalue weighted by atomic mass is 10.0. The van der Waals surface area contributed by atoms with Crippen molar-refractivity contribution in [3.8, 4) is 0 Å². The molecule has 1 fully saturated rings. The minimum atomic E-state index is -0.559. The summed E-state index contributed by atoms with van der Waals surface area (Å²) in [6.45, 7) is 3.42. The van der Waals surface area contributed by atoms with Gasteiger partial charge in [-0.2, -0.15) is 0 Å². The molecule has 1 aromatic carbocycles. The molecule has 24 heavy (non-hydrogen) atoms. The summed E-state index contributed by atoms with van der Waals surface area (Å²) in [4.78, 5) is 12.7. The lowest BCUT2D eigenvalue weighted by molar-refractivity contribution is -0.125. The molecule has 130 valence electrons. The van der Waals surface area contributed by atoms with Crippen LogP contribution in [0.15, 0.2) is 24.3 Å². The quantitative estimate of drug-likeness (QED) is 0.829. The summed E-state index contributed by atoms with van der Waals surface area (Å²) in [5.41, 5.74) is 0.853. The molecule has 1 aliphatic heterocycles. The minimum absolute atomic E-state index is 0. The number of amides is 1. The molecule has 0 aliphatic carbocycles. The van der Waals surface area contributed by atoms with E-state index >= 15 is 0 Å². The van der Waals surface area contributed by atoms with E-state index in [1.807, 2.05) is 0 Å². The summed E-state index contributed by atoms with van der Waals surface area (Å²) in [5, 5.41) is 17.7. The van der Waals surface area contributed by atoms with E-state index in [0.717, 1.165) is 25.1 Å². The molecule has 7 nitrogen and oxygen atoms in total. The standard InChI is InChI=1S/C15H19FN6O.ClH/c1-10-19-20-21-22(10)14(8-11-2-4-12(16)5-3-11)15(23)18-13-6-7-17-9-13;/h2-5,13-14,17H,6-9H2,1H3,(H,18,23);1H. The van der Waals surface area contributed by atoms with E-state index in [1.165, 1.54) is 16.8 Å². The van der Waals surface area contributed by atoms with Crippen LogP contribution in [-0.2, 0) is 11.2 Å². The number of benzene rings is 1. The number of aromatic nitrogens is 4. The Morgan fingerprint density at radius 3 is 2.79 bits per heavy atom. The number of rotatable bonds is 5. The molecule has 0 radical (unpaired) electrons. The van der Waals surface area contributed by atoms with Gasteiger partial charge in [0.25, 0.3) is 0 Å². The topological polar surface area (TPSA) is 84.7 Å². The lowest BCUT2D eigenvalue weighted by Crippen LogP contribution is -2.42. The first-order valence-electron chi connectivity index (χ1n) is 7.63. The second-order valence-electron chi connectivity index (χ2n) is 5.72. The molecule has 2 N–H and O–H groups in total. The third-order valence-electron chi connectivity index (χ3n) is 4.00. The molecule has 2 heterocycles. The second-order valence-corrected chi connectivity index (χ2v) is 5.72. The SMILES string of the molecule is Cc1nnnn1C(Cc1ccc(F)cc1)C(=O)NC1CCNC1.Cl. The molecule has 1 saturated heterocycles. The molecule has 0 bridgehead atoms. The fourth-order valence-corrected chi connectivity index (χ4v) is 2.74. The van der Waals surface area contributed by atoms with Crippen molar-refractivity contribution in [3.05, 3.63) is 41.5 Å². The maximum atomic E-state index is 13.1. The Kier molecular flexibility index (Phi) is 6.22. The summed E-state index contributed by atoms with van der Waals surface area (Å²) in [6, 6.07) is 5.68. The van der Waals surface area contributed by atoms with Gasteiger partial charge in [0, 0.05) is 19.0 Å². The normalized spacial score (nSPS) is 18.0. The monoisotopic (exact) mass is 354 g/mol. The van der Waals surface area contributed by atoms with E-state index in [-0.39, 0.29) is 30.2 Å². The minimum Gasteiger partial charge on any atom is -0.350 e. The number of aryl methyl sites for hydroxylation is 1. The lowest BCUT2D eigenvalue weighted by Gasteiger charge is -2.20. The van der Waals surface area contributed by atoms with Crippen molar-refractivity contribution >= 4 is 18.3 Å². The molecule has 2 unspecified atom stereocenters. The Hall–Kier alpha value is -2.06. The van der Waals surface area contributed by atoms with Gasteiger partial charge in [-0.3, -0.25) is 4.79 Å². The Morgan fingerprint density at radius 2 is 2.21 bits per heavy atom. The average molecular weight is 355 g/mol. The number of nitrogens with one attached hydrogen (secondary N) is 2. The highest BCUT2D eigenvalue weighted by molar-refractivity contribution is 5.85. The number of halogens is 2. The van der Waals surface area contributed by atoms with Gasteiger partial charge in [0.05, 0.1) is 0 Å². The van der Waals surface area contributed by atoms with Crippen LogP contribution in [-0.4, -0.2) is 45.2 Å². The highest BCUT2D eigenvalue weighted by atomic mass is 35.5. The molecule has 1 aromatic heterocycles. The molecular weight excluding hydrogens is 335 g/mol. The van der Waals surface area contributed by atoms with Gasteiger partial charge in [0.2, 0.25) is 5.91 Å². The van der Waals surface area contributed by atoms with E-state index in [1.54, 1.807) is 19.1 Å². The van der Waals surface area contributed by atoms with Crippen LogP contribution in [0.2, 0.25) is 0 Å². The van der Waals surface area contributed by atoms with Gasteiger partial charge in [-0.15, -0.1) is 17.5 Å². The van der Waals surface area contributed by atoms with Crippen molar-refractivity contribution in [2.24, 2.45) is 0 Å². The van der Waals surface area contributed by atoms with Gasteiger partial charge in [-0.25, -0.2) is 9.07 Å². The number of carbonyl (C=O) groups excluding carboxylic acids is 1. The maximum absolute atomic E-state index is 13.1. The van der Waals surface area contributed by atoms with Crippen LogP contribution in [0.4, 0.5) is 4.39 Å². The van der Waals surface area contributed by atoms with E-state index in [9.17, 15) is 9.18 Å². The van der Waals surface area contributed by atoms with Crippen LogP contribution < -0.4 is 10.6 Å². The summed E-state index contributed by atoms with van der Waals surface area (Å²) >= 11 is 0. The van der Waals surface area contributed by atoms with Crippen LogP contribution in [0.1, 0.15) is 23.9 Å². The van der Waals surface area contributed by atoms with Crippen molar-refractivity contribution in [2.75, 3.05) is 13.1 Å². The highest BCUT2D eigenvalue weighted by Gasteiger charge is 2.27. The van der Waals surface area contributed by atoms with E-state index < -0.39 is 6.04 Å². The predicted molar refractivity (Wildman–Crippen MR) is 88.4 cm³/mol. The average Bonchev–Trinajstić information content (AvgIpc) is 3.18. The van der Waals surface area contributed by atoms with Gasteiger partial charge < -0.3 is 10.6 Å². The summed E-state index contributed by atoms with van der Waals surface area (Å²) < 4.78 is 14.6. The maximum Gasteiger partial charge on any atom is 0.245 e. The zero-order valence-electron chi connectivity index (χ0n) is 13.3. The molecule has 2 aromatic rings. The number of carbonyl (C=O) groups is 1. The van der Waals surface area contributed by atoms with E-state index in [2.05, 4.69) is 26.2 Å². The fraction of sp³-hybridized carbons (Fsp3) is 0.467. The second kappa shape index (κ2) is 8.16. The Balaban J connectivity index is 0.00000208. The summed E-state index contributed by atoms with van der Waals surface area (Å²) in [7, 11) is 0. The molecule has 1 aliphatic rings. The third-order valence-corrected chi connectivity index (χ3v) is 4.00. The van der Waals surface area contributed by atoms with Crippen LogP contribution in [0.3, 0.4) is 0 Å². The van der Waals surface area contributed by atoms with Crippen LogP contribution in [0, 0.1) is 12.7 Å².